The number of rotatable bonds is 6. The second-order valence-corrected chi connectivity index (χ2v) is 5.34. The Kier molecular flexibility index (Phi) is 7.30. The lowest BCUT2D eigenvalue weighted by atomic mass is 10.0. The molecule has 1 aromatic carbocycles. The van der Waals surface area contributed by atoms with Crippen LogP contribution in [0, 0.1) is 0 Å². The highest BCUT2D eigenvalue weighted by atomic mass is 35.5. The number of hydrogen-bond donors (Lipinski definition) is 2. The van der Waals surface area contributed by atoms with Crippen molar-refractivity contribution in [3.05, 3.63) is 58.3 Å². The van der Waals surface area contributed by atoms with Gasteiger partial charge in [-0.3, -0.25) is 4.79 Å². The topological polar surface area (TPSA) is 55.1 Å². The predicted octanol–water partition coefficient (Wildman–Crippen LogP) is 2.92. The summed E-state index contributed by atoms with van der Waals surface area (Å²) in [6.07, 6.45) is 1.17. The van der Waals surface area contributed by atoms with Gasteiger partial charge in [0.25, 0.3) is 0 Å². The number of nitrogens with two attached hydrogens (primary N) is 1. The van der Waals surface area contributed by atoms with Crippen LogP contribution in [0.1, 0.15) is 22.9 Å². The minimum absolute atomic E-state index is 0. The highest BCUT2D eigenvalue weighted by Gasteiger charge is 2.15. The van der Waals surface area contributed by atoms with Gasteiger partial charge >= 0.3 is 0 Å². The molecule has 0 aliphatic heterocycles. The van der Waals surface area contributed by atoms with Crippen LogP contribution in [-0.2, 0) is 11.2 Å². The minimum atomic E-state index is 0. The monoisotopic (exact) mass is 310 g/mol. The molecule has 1 amide bonds. The Morgan fingerprint density at radius 1 is 1.20 bits per heavy atom. The lowest BCUT2D eigenvalue weighted by molar-refractivity contribution is -0.121. The van der Waals surface area contributed by atoms with Crippen LogP contribution in [0.4, 0.5) is 0 Å². The molecule has 108 valence electrons. The Morgan fingerprint density at radius 3 is 2.55 bits per heavy atom. The summed E-state index contributed by atoms with van der Waals surface area (Å²) in [7, 11) is 0. The Balaban J connectivity index is 0.00000200. The quantitative estimate of drug-likeness (QED) is 0.862. The van der Waals surface area contributed by atoms with Gasteiger partial charge in [0.1, 0.15) is 0 Å². The van der Waals surface area contributed by atoms with Crippen LogP contribution in [0.3, 0.4) is 0 Å². The zero-order valence-electron chi connectivity index (χ0n) is 11.1. The zero-order valence-corrected chi connectivity index (χ0v) is 12.8. The third kappa shape index (κ3) is 4.96. The molecule has 0 radical (unpaired) electrons. The number of carbonyl (C=O) groups excluding carboxylic acids is 1. The standard InChI is InChI=1S/C15H18N2OS.ClH/c16-9-8-15(18)17-13(14-7-4-10-19-14)11-12-5-2-1-3-6-12;/h1-7,10,13H,8-9,11,16H2,(H,17,18);1H. The Bertz CT molecular complexity index is 502. The maximum atomic E-state index is 11.8. The van der Waals surface area contributed by atoms with E-state index in [1.165, 1.54) is 10.4 Å². The van der Waals surface area contributed by atoms with Crippen LogP contribution in [0.5, 0.6) is 0 Å². The Labute approximate surface area is 129 Å². The average Bonchev–Trinajstić information content (AvgIpc) is 2.93. The van der Waals surface area contributed by atoms with Crippen LogP contribution in [-0.4, -0.2) is 12.5 Å². The molecule has 0 saturated heterocycles. The molecule has 0 aliphatic carbocycles. The molecular formula is C15H19ClN2OS. The molecule has 2 aromatic rings. The van der Waals surface area contributed by atoms with Crippen molar-refractivity contribution in [3.8, 4) is 0 Å². The van der Waals surface area contributed by atoms with Crippen molar-refractivity contribution < 1.29 is 4.79 Å². The van der Waals surface area contributed by atoms with E-state index in [0.29, 0.717) is 13.0 Å². The van der Waals surface area contributed by atoms with Crippen molar-refractivity contribution in [2.45, 2.75) is 18.9 Å². The molecular weight excluding hydrogens is 292 g/mol. The summed E-state index contributed by atoms with van der Waals surface area (Å²) in [5, 5.41) is 5.09. The van der Waals surface area contributed by atoms with Crippen LogP contribution in [0.25, 0.3) is 0 Å². The zero-order chi connectivity index (χ0) is 13.5. The molecule has 0 aliphatic rings. The first-order chi connectivity index (χ1) is 9.29. The molecule has 0 fully saturated rings. The summed E-state index contributed by atoms with van der Waals surface area (Å²) in [5.41, 5.74) is 6.63. The van der Waals surface area contributed by atoms with E-state index in [9.17, 15) is 4.79 Å². The highest BCUT2D eigenvalue weighted by molar-refractivity contribution is 7.10. The lowest BCUT2D eigenvalue weighted by Crippen LogP contribution is -2.30. The van der Waals surface area contributed by atoms with E-state index in [0.717, 1.165) is 6.42 Å². The fourth-order valence-electron chi connectivity index (χ4n) is 1.96. The molecule has 2 rings (SSSR count). The van der Waals surface area contributed by atoms with Crippen molar-refractivity contribution in [1.29, 1.82) is 0 Å². The molecule has 1 unspecified atom stereocenters. The van der Waals surface area contributed by atoms with Gasteiger partial charge in [-0.25, -0.2) is 0 Å². The maximum absolute atomic E-state index is 11.8. The van der Waals surface area contributed by atoms with Gasteiger partial charge in [-0.15, -0.1) is 23.7 Å². The molecule has 0 saturated carbocycles. The smallest absolute Gasteiger partial charge is 0.221 e. The van der Waals surface area contributed by atoms with Crippen molar-refractivity contribution in [1.82, 2.24) is 5.32 Å². The van der Waals surface area contributed by atoms with E-state index in [4.69, 9.17) is 5.73 Å². The van der Waals surface area contributed by atoms with Gasteiger partial charge in [0, 0.05) is 17.8 Å². The summed E-state index contributed by atoms with van der Waals surface area (Å²) < 4.78 is 0. The average molecular weight is 311 g/mol. The van der Waals surface area contributed by atoms with E-state index in [2.05, 4.69) is 23.5 Å². The van der Waals surface area contributed by atoms with Crippen molar-refractivity contribution >= 4 is 29.7 Å². The predicted molar refractivity (Wildman–Crippen MR) is 86.3 cm³/mol. The van der Waals surface area contributed by atoms with Gasteiger partial charge in [-0.1, -0.05) is 36.4 Å². The van der Waals surface area contributed by atoms with Gasteiger partial charge in [-0.2, -0.15) is 0 Å². The van der Waals surface area contributed by atoms with Crippen molar-refractivity contribution in [2.75, 3.05) is 6.54 Å². The van der Waals surface area contributed by atoms with Crippen molar-refractivity contribution in [3.63, 3.8) is 0 Å². The molecule has 0 bridgehead atoms. The van der Waals surface area contributed by atoms with Crippen molar-refractivity contribution in [2.24, 2.45) is 5.73 Å². The summed E-state index contributed by atoms with van der Waals surface area (Å²) in [6, 6.07) is 14.3. The van der Waals surface area contributed by atoms with Gasteiger partial charge in [-0.05, 0) is 23.4 Å². The summed E-state index contributed by atoms with van der Waals surface area (Å²) >= 11 is 1.66. The van der Waals surface area contributed by atoms with Crippen LogP contribution in [0.2, 0.25) is 0 Å². The molecule has 1 atom stereocenters. The number of amides is 1. The molecule has 1 aromatic heterocycles. The third-order valence-electron chi connectivity index (χ3n) is 2.88. The molecule has 1 heterocycles. The molecule has 3 N–H and O–H groups in total. The van der Waals surface area contributed by atoms with E-state index in [-0.39, 0.29) is 24.4 Å². The SMILES string of the molecule is Cl.NCCC(=O)NC(Cc1ccccc1)c1cccs1. The first-order valence-electron chi connectivity index (χ1n) is 6.36. The maximum Gasteiger partial charge on any atom is 0.221 e. The van der Waals surface area contributed by atoms with E-state index in [1.54, 1.807) is 11.3 Å². The van der Waals surface area contributed by atoms with Gasteiger partial charge in [0.05, 0.1) is 6.04 Å². The van der Waals surface area contributed by atoms with E-state index >= 15 is 0 Å². The Hall–Kier alpha value is -1.36. The van der Waals surface area contributed by atoms with Crippen LogP contribution < -0.4 is 11.1 Å². The highest BCUT2D eigenvalue weighted by Crippen LogP contribution is 2.23. The lowest BCUT2D eigenvalue weighted by Gasteiger charge is -2.17. The number of halogens is 1. The Morgan fingerprint density at radius 2 is 1.95 bits per heavy atom. The number of carbonyl (C=O) groups is 1. The number of thiophene rings is 1. The third-order valence-corrected chi connectivity index (χ3v) is 3.86. The largest absolute Gasteiger partial charge is 0.348 e. The normalized spacial score (nSPS) is 11.4. The van der Waals surface area contributed by atoms with Crippen LogP contribution >= 0.6 is 23.7 Å². The number of nitrogens with one attached hydrogen (secondary N) is 1. The summed E-state index contributed by atoms with van der Waals surface area (Å²) in [6.45, 7) is 0.383. The van der Waals surface area contributed by atoms with Gasteiger partial charge in [0.2, 0.25) is 5.91 Å². The van der Waals surface area contributed by atoms with E-state index in [1.807, 2.05) is 29.6 Å². The molecule has 0 spiro atoms. The van der Waals surface area contributed by atoms with Gasteiger partial charge < -0.3 is 11.1 Å². The first kappa shape index (κ1) is 16.7. The number of hydrogen-bond acceptors (Lipinski definition) is 3. The minimum Gasteiger partial charge on any atom is -0.348 e. The second kappa shape index (κ2) is 8.74. The van der Waals surface area contributed by atoms with E-state index < -0.39 is 0 Å². The summed E-state index contributed by atoms with van der Waals surface area (Å²) in [4.78, 5) is 12.9. The number of benzene rings is 1. The van der Waals surface area contributed by atoms with Crippen LogP contribution in [0.15, 0.2) is 47.8 Å². The molecule has 5 heteroatoms. The fourth-order valence-corrected chi connectivity index (χ4v) is 2.74. The second-order valence-electron chi connectivity index (χ2n) is 4.36. The molecule has 20 heavy (non-hydrogen) atoms. The van der Waals surface area contributed by atoms with Gasteiger partial charge in [0.15, 0.2) is 0 Å². The fraction of sp³-hybridized carbons (Fsp3) is 0.267. The molecule has 3 nitrogen and oxygen atoms in total. The summed E-state index contributed by atoms with van der Waals surface area (Å²) in [5.74, 6) is 0.0110. The first-order valence-corrected chi connectivity index (χ1v) is 7.24.